The molecule has 3 aromatic rings. The maximum Gasteiger partial charge on any atom is 1.00 e. The first-order valence-corrected chi connectivity index (χ1v) is 16.6. The van der Waals surface area contributed by atoms with E-state index >= 15 is 0 Å². The van der Waals surface area contributed by atoms with Crippen LogP contribution in [0, 0.1) is 6.07 Å². The van der Waals surface area contributed by atoms with E-state index in [1.54, 1.807) is 47.8 Å². The van der Waals surface area contributed by atoms with Crippen molar-refractivity contribution in [3.05, 3.63) is 84.4 Å². The molecule has 2 saturated carbocycles. The van der Waals surface area contributed by atoms with Gasteiger partial charge in [0.15, 0.2) is 0 Å². The average molecular weight is 777 g/mol. The van der Waals surface area contributed by atoms with Gasteiger partial charge in [-0.05, 0) is 66.6 Å². The molecule has 0 heterocycles. The van der Waals surface area contributed by atoms with Crippen molar-refractivity contribution < 1.29 is 35.2 Å². The van der Waals surface area contributed by atoms with Gasteiger partial charge in [-0.2, -0.15) is 24.3 Å². The first-order chi connectivity index (χ1) is 19.6. The number of nitrogens with zero attached hydrogens (tertiary/aromatic N) is 1. The molecular weight excluding hydrogens is 735 g/mol. The van der Waals surface area contributed by atoms with Crippen LogP contribution in [0.3, 0.4) is 0 Å². The maximum atomic E-state index is 11.9. The monoisotopic (exact) mass is 776 g/mol. The van der Waals surface area contributed by atoms with E-state index in [1.807, 2.05) is 0 Å². The second-order valence-electron chi connectivity index (χ2n) is 10.8. The third kappa shape index (κ3) is 10.1. The molecule has 0 bridgehead atoms. The molecule has 0 aromatic heterocycles. The van der Waals surface area contributed by atoms with Crippen LogP contribution in [0.1, 0.15) is 74.6 Å². The molecule has 8 heteroatoms. The summed E-state index contributed by atoms with van der Waals surface area (Å²) in [6, 6.07) is 25.4. The van der Waals surface area contributed by atoms with Crippen molar-refractivity contribution >= 4 is 42.9 Å². The van der Waals surface area contributed by atoms with Gasteiger partial charge in [-0.15, -0.1) is 9.95 Å². The summed E-state index contributed by atoms with van der Waals surface area (Å²) in [6.07, 6.45) is 14.8. The summed E-state index contributed by atoms with van der Waals surface area (Å²) in [5, 5.41) is 4.41. The average Bonchev–Trinajstić information content (AvgIpc) is 3.00. The number of amides is 1. The second-order valence-corrected chi connectivity index (χ2v) is 13.8. The van der Waals surface area contributed by atoms with E-state index in [9.17, 15) is 8.68 Å². The van der Waals surface area contributed by atoms with E-state index in [2.05, 4.69) is 58.8 Å². The van der Waals surface area contributed by atoms with Crippen LogP contribution in [0.4, 0.5) is 15.3 Å². The fourth-order valence-corrected chi connectivity index (χ4v) is 10.1. The number of benzene rings is 3. The predicted molar refractivity (Wildman–Crippen MR) is 170 cm³/mol. The van der Waals surface area contributed by atoms with Gasteiger partial charge >= 0.3 is 22.4 Å². The van der Waals surface area contributed by atoms with Gasteiger partial charge in [0.05, 0.1) is 0 Å². The number of anilines is 2. The summed E-state index contributed by atoms with van der Waals surface area (Å²) >= 11 is -0.258. The molecule has 5 rings (SSSR count). The number of carbonyl (C=O) groups is 1. The molecule has 0 saturated heterocycles. The zero-order valence-electron chi connectivity index (χ0n) is 24.0. The molecule has 3 aromatic carbocycles. The molecular formula is C33H41AuFN2O2PS. The fourth-order valence-electron chi connectivity index (χ4n) is 5.87. The third-order valence-corrected chi connectivity index (χ3v) is 11.6. The van der Waals surface area contributed by atoms with Crippen LogP contribution in [0.2, 0.25) is 0 Å². The number of para-hydroxylation sites is 1. The summed E-state index contributed by atoms with van der Waals surface area (Å²) < 4.78 is 16.6. The van der Waals surface area contributed by atoms with Crippen LogP contribution in [0.15, 0.2) is 72.8 Å². The number of nitrogens with one attached hydrogen (secondary N) is 1. The van der Waals surface area contributed by atoms with Gasteiger partial charge < -0.3 is 14.4 Å². The normalized spacial score (nSPS) is 15.7. The van der Waals surface area contributed by atoms with Crippen molar-refractivity contribution in [2.24, 2.45) is 0 Å². The van der Waals surface area contributed by atoms with Crippen molar-refractivity contribution in [2.45, 2.75) is 75.5 Å². The summed E-state index contributed by atoms with van der Waals surface area (Å²) in [6.45, 7) is 0. The second kappa shape index (κ2) is 18.0. The van der Waals surface area contributed by atoms with Crippen LogP contribution in [0.25, 0.3) is 0 Å². The Labute approximate surface area is 267 Å². The molecule has 0 aliphatic heterocycles. The molecule has 0 atom stereocenters. The van der Waals surface area contributed by atoms with Gasteiger partial charge in [0, 0.05) is 25.3 Å². The molecule has 41 heavy (non-hydrogen) atoms. The molecule has 4 nitrogen and oxygen atoms in total. The number of carbonyl (C=O) groups excluding carboxylic acids is 1. The summed E-state index contributed by atoms with van der Waals surface area (Å²) in [5.41, 5.74) is 4.52. The molecule has 1 amide bonds. The van der Waals surface area contributed by atoms with Crippen molar-refractivity contribution in [1.29, 1.82) is 0 Å². The summed E-state index contributed by atoms with van der Waals surface area (Å²) in [4.78, 5) is 14.2. The van der Waals surface area contributed by atoms with Gasteiger partial charge in [-0.3, -0.25) is 4.79 Å². The molecule has 1 N–H and O–H groups in total. The van der Waals surface area contributed by atoms with Gasteiger partial charge in [-0.1, -0.05) is 76.4 Å². The minimum absolute atomic E-state index is 0. The Morgan fingerprint density at radius 1 is 0.927 bits per heavy atom. The van der Waals surface area contributed by atoms with Gasteiger partial charge in [0.25, 0.3) is 12.4 Å². The smallest absolute Gasteiger partial charge is 0.397 e. The Hall–Kier alpha value is -1.82. The van der Waals surface area contributed by atoms with Crippen LogP contribution in [0.5, 0.6) is 5.75 Å². The van der Waals surface area contributed by atoms with Gasteiger partial charge in [0.1, 0.15) is 5.75 Å². The number of rotatable bonds is 8. The molecule has 2 aliphatic rings. The van der Waals surface area contributed by atoms with Crippen LogP contribution >= 0.6 is 20.4 Å². The Morgan fingerprint density at radius 3 is 2.17 bits per heavy atom. The van der Waals surface area contributed by atoms with E-state index in [0.29, 0.717) is 11.3 Å². The Morgan fingerprint density at radius 2 is 1.59 bits per heavy atom. The number of halogens is 1. The molecule has 0 unspecified atom stereocenters. The minimum Gasteiger partial charge on any atom is -0.397 e. The zero-order valence-corrected chi connectivity index (χ0v) is 27.8. The molecule has 0 radical (unpaired) electrons. The van der Waals surface area contributed by atoms with Crippen molar-refractivity contribution in [3.63, 3.8) is 0 Å². The molecule has 2 aliphatic carbocycles. The SMILES string of the molecule is CN(C)c1ccccc1P(C1CCCCC1)C1CCCCC1.O=C(Nc1c[c-]ccc1)c1cccc(OSF)c1.[Au+]. The first kappa shape index (κ1) is 33.7. The quantitative estimate of drug-likeness (QED) is 0.107. The zero-order chi connectivity index (χ0) is 28.2. The Balaban J connectivity index is 0.000000225. The van der Waals surface area contributed by atoms with E-state index in [1.165, 1.54) is 76.0 Å². The van der Waals surface area contributed by atoms with Crippen LogP contribution < -0.4 is 19.7 Å². The Bertz CT molecular complexity index is 1170. The fraction of sp³-hybridized carbons (Fsp3) is 0.424. The van der Waals surface area contributed by atoms with Crippen LogP contribution in [-0.4, -0.2) is 31.3 Å². The van der Waals surface area contributed by atoms with Crippen LogP contribution in [-0.2, 0) is 22.4 Å². The van der Waals surface area contributed by atoms with E-state index in [4.69, 9.17) is 0 Å². The van der Waals surface area contributed by atoms with E-state index in [-0.39, 0.29) is 54.4 Å². The number of hydrogen-bond acceptors (Lipinski definition) is 4. The predicted octanol–water partition coefficient (Wildman–Crippen LogP) is 9.17. The van der Waals surface area contributed by atoms with E-state index in [0.717, 1.165) is 11.3 Å². The van der Waals surface area contributed by atoms with Crippen molar-refractivity contribution in [2.75, 3.05) is 24.3 Å². The molecule has 224 valence electrons. The largest absolute Gasteiger partial charge is 1.00 e. The third-order valence-electron chi connectivity index (χ3n) is 7.77. The molecule has 0 spiro atoms. The number of hydrogen-bond donors (Lipinski definition) is 1. The summed E-state index contributed by atoms with van der Waals surface area (Å²) in [7, 11) is 4.45. The maximum absolute atomic E-state index is 11.9. The van der Waals surface area contributed by atoms with E-state index < -0.39 is 0 Å². The standard InChI is InChI=1S/C20H32NP.C13H9FNO2S.Au/c1-21(2)19-15-9-10-16-20(19)22(17-11-5-3-6-12-17)18-13-7-4-8-14-18;14-18-17-12-8-4-5-10(9-12)13(16)15-11-6-2-1-3-7-11;/h9-10,15-18H,3-8,11-14H2,1-2H3;1-2,4-9H,(H,15,16);/q;-1;+1. The minimum atomic E-state index is -0.288. The van der Waals surface area contributed by atoms with Crippen molar-refractivity contribution in [1.82, 2.24) is 0 Å². The first-order valence-electron chi connectivity index (χ1n) is 14.4. The van der Waals surface area contributed by atoms with Gasteiger partial charge in [0.2, 0.25) is 5.91 Å². The van der Waals surface area contributed by atoms with Gasteiger partial charge in [-0.25, -0.2) is 0 Å². The Kier molecular flexibility index (Phi) is 14.8. The summed E-state index contributed by atoms with van der Waals surface area (Å²) in [5.74, 6) is -0.00122. The molecule has 2 fully saturated rings. The topological polar surface area (TPSA) is 41.6 Å². The van der Waals surface area contributed by atoms with Crippen molar-refractivity contribution in [3.8, 4) is 5.75 Å².